The first-order valence-corrected chi connectivity index (χ1v) is 6.81. The topological polar surface area (TPSA) is 57.2 Å². The number of hydrogen-bond donors (Lipinski definition) is 2. The molecule has 0 saturated carbocycles. The molecule has 4 heteroatoms. The first-order valence-electron chi connectivity index (χ1n) is 6.81. The number of aliphatic imine (C=N–C) groups is 1. The summed E-state index contributed by atoms with van der Waals surface area (Å²) in [6, 6.07) is 15.6. The molecule has 4 rings (SSSR count). The Morgan fingerprint density at radius 1 is 1.00 bits per heavy atom. The standard InChI is InChI=1S/C17H13N3O/c1-10-15-16(19-14-9-5-4-8-13(14)18-10)11-6-2-3-7-12(11)20-17(15)21/h2-9,19H,1H3,(H,20,21). The van der Waals surface area contributed by atoms with Crippen molar-refractivity contribution in [2.75, 3.05) is 5.32 Å². The number of aromatic nitrogens is 1. The second kappa shape index (κ2) is 4.31. The molecule has 1 aliphatic heterocycles. The fourth-order valence-electron chi connectivity index (χ4n) is 2.77. The quantitative estimate of drug-likeness (QED) is 0.657. The lowest BCUT2D eigenvalue weighted by Gasteiger charge is -2.12. The molecule has 0 aliphatic carbocycles. The third kappa shape index (κ3) is 1.76. The molecular formula is C17H13N3O. The van der Waals surface area contributed by atoms with Crippen LogP contribution < -0.4 is 10.9 Å². The van der Waals surface area contributed by atoms with Crippen LogP contribution in [0, 0.1) is 0 Å². The van der Waals surface area contributed by atoms with Crippen LogP contribution in [0.4, 0.5) is 17.1 Å². The van der Waals surface area contributed by atoms with Gasteiger partial charge in [-0.3, -0.25) is 9.79 Å². The van der Waals surface area contributed by atoms with Gasteiger partial charge in [-0.2, -0.15) is 0 Å². The van der Waals surface area contributed by atoms with Crippen molar-refractivity contribution < 1.29 is 0 Å². The molecule has 0 fully saturated rings. The van der Waals surface area contributed by atoms with E-state index in [1.165, 1.54) is 0 Å². The first kappa shape index (κ1) is 11.9. The fourth-order valence-corrected chi connectivity index (χ4v) is 2.77. The van der Waals surface area contributed by atoms with E-state index < -0.39 is 0 Å². The van der Waals surface area contributed by atoms with E-state index in [9.17, 15) is 4.79 Å². The van der Waals surface area contributed by atoms with E-state index in [4.69, 9.17) is 0 Å². The van der Waals surface area contributed by atoms with Crippen LogP contribution in [0.15, 0.2) is 58.3 Å². The van der Waals surface area contributed by atoms with Gasteiger partial charge in [-0.25, -0.2) is 0 Å². The van der Waals surface area contributed by atoms with Gasteiger partial charge >= 0.3 is 0 Å². The van der Waals surface area contributed by atoms with Crippen LogP contribution in [0.5, 0.6) is 0 Å². The number of nitrogens with zero attached hydrogens (tertiary/aromatic N) is 1. The maximum absolute atomic E-state index is 12.4. The summed E-state index contributed by atoms with van der Waals surface area (Å²) < 4.78 is 0. The van der Waals surface area contributed by atoms with Crippen molar-refractivity contribution in [3.8, 4) is 0 Å². The average Bonchev–Trinajstić information content (AvgIpc) is 2.63. The van der Waals surface area contributed by atoms with E-state index in [0.717, 1.165) is 33.7 Å². The van der Waals surface area contributed by atoms with Crippen molar-refractivity contribution in [2.24, 2.45) is 4.99 Å². The SMILES string of the molecule is CC1=Nc2ccccc2Nc2c1c(=O)[nH]c1ccccc21. The third-order valence-corrected chi connectivity index (χ3v) is 3.74. The van der Waals surface area contributed by atoms with Crippen molar-refractivity contribution in [1.82, 2.24) is 4.98 Å². The molecule has 4 nitrogen and oxygen atoms in total. The summed E-state index contributed by atoms with van der Waals surface area (Å²) in [4.78, 5) is 19.9. The van der Waals surface area contributed by atoms with Gasteiger partial charge in [0.05, 0.1) is 33.9 Å². The second-order valence-corrected chi connectivity index (χ2v) is 5.09. The van der Waals surface area contributed by atoms with Crippen LogP contribution in [0.25, 0.3) is 10.9 Å². The highest BCUT2D eigenvalue weighted by Gasteiger charge is 2.19. The van der Waals surface area contributed by atoms with Crippen LogP contribution in [-0.2, 0) is 0 Å². The highest BCUT2D eigenvalue weighted by Crippen LogP contribution is 2.35. The Morgan fingerprint density at radius 3 is 2.67 bits per heavy atom. The zero-order valence-electron chi connectivity index (χ0n) is 11.5. The Kier molecular flexibility index (Phi) is 2.44. The van der Waals surface area contributed by atoms with Crippen molar-refractivity contribution in [2.45, 2.75) is 6.92 Å². The first-order chi connectivity index (χ1) is 10.2. The molecule has 0 spiro atoms. The molecule has 1 aliphatic rings. The number of benzene rings is 2. The molecule has 0 bridgehead atoms. The maximum Gasteiger partial charge on any atom is 0.259 e. The van der Waals surface area contributed by atoms with E-state index in [1.807, 2.05) is 55.5 Å². The van der Waals surface area contributed by atoms with E-state index in [-0.39, 0.29) is 5.56 Å². The van der Waals surface area contributed by atoms with Crippen molar-refractivity contribution in [3.63, 3.8) is 0 Å². The molecule has 0 saturated heterocycles. The van der Waals surface area contributed by atoms with Crippen LogP contribution in [0.2, 0.25) is 0 Å². The number of para-hydroxylation sites is 3. The molecular weight excluding hydrogens is 262 g/mol. The Morgan fingerprint density at radius 2 is 1.76 bits per heavy atom. The van der Waals surface area contributed by atoms with Crippen molar-refractivity contribution in [1.29, 1.82) is 0 Å². The lowest BCUT2D eigenvalue weighted by atomic mass is 10.1. The number of rotatable bonds is 0. The van der Waals surface area contributed by atoms with Gasteiger partial charge in [0.15, 0.2) is 0 Å². The van der Waals surface area contributed by atoms with Crippen molar-refractivity contribution in [3.05, 3.63) is 64.4 Å². The van der Waals surface area contributed by atoms with Crippen LogP contribution in [0.3, 0.4) is 0 Å². The van der Waals surface area contributed by atoms with Crippen molar-refractivity contribution >= 4 is 33.7 Å². The molecule has 2 heterocycles. The van der Waals surface area contributed by atoms with Gasteiger partial charge < -0.3 is 10.3 Å². The molecule has 21 heavy (non-hydrogen) atoms. The van der Waals surface area contributed by atoms with Gasteiger partial charge in [-0.1, -0.05) is 30.3 Å². The zero-order valence-corrected chi connectivity index (χ0v) is 11.5. The number of fused-ring (bicyclic) bond motifs is 4. The van der Waals surface area contributed by atoms with Gasteiger partial charge in [0.1, 0.15) is 0 Å². The fraction of sp³-hybridized carbons (Fsp3) is 0.0588. The summed E-state index contributed by atoms with van der Waals surface area (Å²) in [7, 11) is 0. The second-order valence-electron chi connectivity index (χ2n) is 5.09. The summed E-state index contributed by atoms with van der Waals surface area (Å²) in [5.74, 6) is 0. The lowest BCUT2D eigenvalue weighted by Crippen LogP contribution is -2.18. The van der Waals surface area contributed by atoms with E-state index in [1.54, 1.807) is 0 Å². The Bertz CT molecular complexity index is 954. The molecule has 102 valence electrons. The van der Waals surface area contributed by atoms with Crippen LogP contribution in [-0.4, -0.2) is 10.7 Å². The molecule has 0 radical (unpaired) electrons. The van der Waals surface area contributed by atoms with Gasteiger partial charge in [-0.05, 0) is 25.1 Å². The zero-order chi connectivity index (χ0) is 14.4. The Balaban J connectivity index is 2.14. The Labute approximate surface area is 121 Å². The number of hydrogen-bond acceptors (Lipinski definition) is 3. The highest BCUT2D eigenvalue weighted by atomic mass is 16.1. The number of nitrogens with one attached hydrogen (secondary N) is 2. The van der Waals surface area contributed by atoms with E-state index >= 15 is 0 Å². The summed E-state index contributed by atoms with van der Waals surface area (Å²) in [5, 5.41) is 4.37. The third-order valence-electron chi connectivity index (χ3n) is 3.74. The van der Waals surface area contributed by atoms with Gasteiger partial charge in [0.2, 0.25) is 0 Å². The number of aromatic amines is 1. The summed E-state index contributed by atoms with van der Waals surface area (Å²) in [5.41, 5.74) is 4.59. The summed E-state index contributed by atoms with van der Waals surface area (Å²) in [6.07, 6.45) is 0. The average molecular weight is 275 g/mol. The monoisotopic (exact) mass is 275 g/mol. The normalized spacial score (nSPS) is 12.9. The predicted octanol–water partition coefficient (Wildman–Crippen LogP) is 3.73. The van der Waals surface area contributed by atoms with E-state index in [0.29, 0.717) is 5.56 Å². The predicted molar refractivity (Wildman–Crippen MR) is 86.2 cm³/mol. The minimum absolute atomic E-state index is 0.120. The van der Waals surface area contributed by atoms with E-state index in [2.05, 4.69) is 15.3 Å². The molecule has 0 atom stereocenters. The minimum Gasteiger partial charge on any atom is -0.353 e. The highest BCUT2D eigenvalue weighted by molar-refractivity contribution is 6.12. The number of anilines is 2. The molecule has 0 unspecified atom stereocenters. The number of H-pyrrole nitrogens is 1. The smallest absolute Gasteiger partial charge is 0.259 e. The molecule has 0 amide bonds. The molecule has 3 aromatic rings. The van der Waals surface area contributed by atoms with Crippen LogP contribution >= 0.6 is 0 Å². The van der Waals surface area contributed by atoms with Gasteiger partial charge in [0, 0.05) is 5.39 Å². The largest absolute Gasteiger partial charge is 0.353 e. The van der Waals surface area contributed by atoms with Gasteiger partial charge in [-0.15, -0.1) is 0 Å². The molecule has 1 aromatic heterocycles. The minimum atomic E-state index is -0.120. The van der Waals surface area contributed by atoms with Crippen LogP contribution in [0.1, 0.15) is 12.5 Å². The molecule has 2 aromatic carbocycles. The number of pyridine rings is 1. The summed E-state index contributed by atoms with van der Waals surface area (Å²) >= 11 is 0. The lowest BCUT2D eigenvalue weighted by molar-refractivity contribution is 1.28. The Hall–Kier alpha value is -2.88. The van der Waals surface area contributed by atoms with Gasteiger partial charge in [0.25, 0.3) is 5.56 Å². The maximum atomic E-state index is 12.4. The molecule has 2 N–H and O–H groups in total. The summed E-state index contributed by atoms with van der Waals surface area (Å²) in [6.45, 7) is 1.87.